The Kier molecular flexibility index (Phi) is 4.81. The normalized spacial score (nSPS) is 18.1. The molecular formula is C12H16ClN3S. The first-order valence-corrected chi connectivity index (χ1v) is 7.03. The van der Waals surface area contributed by atoms with Gasteiger partial charge in [0.15, 0.2) is 0 Å². The van der Waals surface area contributed by atoms with Gasteiger partial charge in [-0.25, -0.2) is 0 Å². The van der Waals surface area contributed by atoms with Crippen LogP contribution >= 0.6 is 22.9 Å². The molecule has 0 bridgehead atoms. The number of hydrogen-bond donors (Lipinski definition) is 0. The monoisotopic (exact) mass is 269 g/mol. The van der Waals surface area contributed by atoms with Crippen LogP contribution in [0.4, 0.5) is 0 Å². The molecule has 1 aromatic rings. The van der Waals surface area contributed by atoms with Gasteiger partial charge in [0, 0.05) is 50.6 Å². The fraction of sp³-hybridized carbons (Fsp3) is 0.583. The second-order valence-corrected chi connectivity index (χ2v) is 6.03. The van der Waals surface area contributed by atoms with Crippen molar-refractivity contribution in [2.45, 2.75) is 13.0 Å². The molecule has 0 atom stereocenters. The topological polar surface area (TPSA) is 30.3 Å². The number of hydrogen-bond acceptors (Lipinski definition) is 4. The Hall–Kier alpha value is -0.600. The molecule has 0 saturated carbocycles. The van der Waals surface area contributed by atoms with Crippen molar-refractivity contribution in [1.82, 2.24) is 9.80 Å². The first-order valence-electron chi connectivity index (χ1n) is 5.84. The van der Waals surface area contributed by atoms with Crippen LogP contribution in [0, 0.1) is 11.3 Å². The first-order chi connectivity index (χ1) is 8.28. The van der Waals surface area contributed by atoms with Gasteiger partial charge in [-0.1, -0.05) is 11.6 Å². The minimum Gasteiger partial charge on any atom is -0.300 e. The molecule has 2 heterocycles. The average Bonchev–Trinajstić information content (AvgIpc) is 2.74. The molecule has 0 N–H and O–H groups in total. The van der Waals surface area contributed by atoms with Crippen LogP contribution in [0.2, 0.25) is 4.34 Å². The summed E-state index contributed by atoms with van der Waals surface area (Å²) < 4.78 is 0.868. The Morgan fingerprint density at radius 2 is 1.94 bits per heavy atom. The molecule has 17 heavy (non-hydrogen) atoms. The molecule has 1 aromatic heterocycles. The van der Waals surface area contributed by atoms with Gasteiger partial charge in [-0.15, -0.1) is 11.3 Å². The summed E-state index contributed by atoms with van der Waals surface area (Å²) in [6.45, 7) is 6.22. The molecule has 5 heteroatoms. The van der Waals surface area contributed by atoms with Gasteiger partial charge < -0.3 is 0 Å². The van der Waals surface area contributed by atoms with Crippen molar-refractivity contribution in [2.75, 3.05) is 32.7 Å². The van der Waals surface area contributed by atoms with Gasteiger partial charge in [0.25, 0.3) is 0 Å². The minimum atomic E-state index is 0.639. The van der Waals surface area contributed by atoms with Crippen molar-refractivity contribution in [2.24, 2.45) is 0 Å². The lowest BCUT2D eigenvalue weighted by atomic mass is 10.3. The van der Waals surface area contributed by atoms with Gasteiger partial charge >= 0.3 is 0 Å². The third-order valence-corrected chi connectivity index (χ3v) is 4.23. The zero-order valence-electron chi connectivity index (χ0n) is 9.73. The quantitative estimate of drug-likeness (QED) is 0.841. The number of piperazine rings is 1. The van der Waals surface area contributed by atoms with Crippen LogP contribution in [0.25, 0.3) is 0 Å². The molecule has 1 saturated heterocycles. The Balaban J connectivity index is 1.74. The van der Waals surface area contributed by atoms with Crippen LogP contribution in [0.3, 0.4) is 0 Å². The summed E-state index contributed by atoms with van der Waals surface area (Å²) in [6, 6.07) is 6.27. The number of thiophene rings is 1. The summed E-state index contributed by atoms with van der Waals surface area (Å²) in [6.07, 6.45) is 0.639. The van der Waals surface area contributed by atoms with Gasteiger partial charge in [0.1, 0.15) is 0 Å². The van der Waals surface area contributed by atoms with Crippen molar-refractivity contribution in [3.63, 3.8) is 0 Å². The fourth-order valence-corrected chi connectivity index (χ4v) is 3.17. The van der Waals surface area contributed by atoms with Crippen LogP contribution in [0.15, 0.2) is 12.1 Å². The van der Waals surface area contributed by atoms with Crippen molar-refractivity contribution in [3.05, 3.63) is 21.3 Å². The molecule has 0 spiro atoms. The van der Waals surface area contributed by atoms with Crippen LogP contribution in [0.5, 0.6) is 0 Å². The summed E-state index contributed by atoms with van der Waals surface area (Å²) >= 11 is 7.58. The largest absolute Gasteiger partial charge is 0.300 e. The smallest absolute Gasteiger partial charge is 0.0931 e. The van der Waals surface area contributed by atoms with Crippen molar-refractivity contribution in [1.29, 1.82) is 5.26 Å². The summed E-state index contributed by atoms with van der Waals surface area (Å²) in [5.41, 5.74) is 0. The second kappa shape index (κ2) is 6.36. The predicted octanol–water partition coefficient (Wildman–Crippen LogP) is 2.43. The molecule has 0 radical (unpaired) electrons. The molecule has 0 aromatic carbocycles. The molecule has 1 fully saturated rings. The van der Waals surface area contributed by atoms with E-state index in [2.05, 4.69) is 21.9 Å². The summed E-state index contributed by atoms with van der Waals surface area (Å²) in [7, 11) is 0. The van der Waals surface area contributed by atoms with E-state index in [4.69, 9.17) is 16.9 Å². The van der Waals surface area contributed by atoms with Crippen LogP contribution < -0.4 is 0 Å². The average molecular weight is 270 g/mol. The van der Waals surface area contributed by atoms with E-state index >= 15 is 0 Å². The number of nitrogens with zero attached hydrogens (tertiary/aromatic N) is 3. The third-order valence-electron chi connectivity index (χ3n) is 3.01. The number of rotatable bonds is 4. The summed E-state index contributed by atoms with van der Waals surface area (Å²) in [5, 5.41) is 8.55. The molecular weight excluding hydrogens is 254 g/mol. The highest BCUT2D eigenvalue weighted by atomic mass is 35.5. The van der Waals surface area contributed by atoms with E-state index in [1.54, 1.807) is 11.3 Å². The molecule has 1 aliphatic heterocycles. The summed E-state index contributed by atoms with van der Waals surface area (Å²) in [5.74, 6) is 0. The fourth-order valence-electron chi connectivity index (χ4n) is 2.04. The maximum atomic E-state index is 8.55. The van der Waals surface area contributed by atoms with Crippen molar-refractivity contribution in [3.8, 4) is 6.07 Å². The zero-order chi connectivity index (χ0) is 12.1. The van der Waals surface area contributed by atoms with E-state index < -0.39 is 0 Å². The Morgan fingerprint density at radius 1 is 1.24 bits per heavy atom. The number of nitriles is 1. The standard InChI is InChI=1S/C12H16ClN3S/c13-12-3-2-11(17-12)10-16-8-6-15(7-9-16)5-1-4-14/h2-3H,1,5-10H2. The molecule has 0 aliphatic carbocycles. The van der Waals surface area contributed by atoms with Crippen molar-refractivity contribution < 1.29 is 0 Å². The van der Waals surface area contributed by atoms with Gasteiger partial charge in [0.05, 0.1) is 10.4 Å². The van der Waals surface area contributed by atoms with Crippen molar-refractivity contribution >= 4 is 22.9 Å². The second-order valence-electron chi connectivity index (χ2n) is 4.23. The maximum absolute atomic E-state index is 8.55. The lowest BCUT2D eigenvalue weighted by Crippen LogP contribution is -2.45. The highest BCUT2D eigenvalue weighted by Crippen LogP contribution is 2.23. The number of halogens is 1. The van der Waals surface area contributed by atoms with Gasteiger partial charge in [-0.2, -0.15) is 5.26 Å². The van der Waals surface area contributed by atoms with Gasteiger partial charge in [0.2, 0.25) is 0 Å². The Morgan fingerprint density at radius 3 is 2.53 bits per heavy atom. The maximum Gasteiger partial charge on any atom is 0.0931 e. The first kappa shape index (κ1) is 12.8. The van der Waals surface area contributed by atoms with Crippen LogP contribution in [-0.2, 0) is 6.54 Å². The predicted molar refractivity (Wildman–Crippen MR) is 71.3 cm³/mol. The van der Waals surface area contributed by atoms with E-state index in [1.807, 2.05) is 6.07 Å². The third kappa shape index (κ3) is 3.97. The van der Waals surface area contributed by atoms with Crippen LogP contribution in [0.1, 0.15) is 11.3 Å². The van der Waals surface area contributed by atoms with Gasteiger partial charge in [-0.05, 0) is 12.1 Å². The van der Waals surface area contributed by atoms with E-state index in [1.165, 1.54) is 4.88 Å². The zero-order valence-corrected chi connectivity index (χ0v) is 11.3. The van der Waals surface area contributed by atoms with Crippen LogP contribution in [-0.4, -0.2) is 42.5 Å². The lowest BCUT2D eigenvalue weighted by Gasteiger charge is -2.33. The minimum absolute atomic E-state index is 0.639. The molecule has 0 amide bonds. The lowest BCUT2D eigenvalue weighted by molar-refractivity contribution is 0.130. The summed E-state index contributed by atoms with van der Waals surface area (Å²) in [4.78, 5) is 6.15. The van der Waals surface area contributed by atoms with E-state index in [-0.39, 0.29) is 0 Å². The Bertz CT molecular complexity index is 391. The van der Waals surface area contributed by atoms with E-state index in [0.29, 0.717) is 6.42 Å². The molecule has 0 unspecified atom stereocenters. The molecule has 1 aliphatic rings. The molecule has 92 valence electrons. The molecule has 3 nitrogen and oxygen atoms in total. The SMILES string of the molecule is N#CCCN1CCN(Cc2ccc(Cl)s2)CC1. The van der Waals surface area contributed by atoms with E-state index in [9.17, 15) is 0 Å². The van der Waals surface area contributed by atoms with E-state index in [0.717, 1.165) is 43.6 Å². The highest BCUT2D eigenvalue weighted by molar-refractivity contribution is 7.16. The highest BCUT2D eigenvalue weighted by Gasteiger charge is 2.16. The Labute approximate surface area is 111 Å². The van der Waals surface area contributed by atoms with Gasteiger partial charge in [-0.3, -0.25) is 9.80 Å². The molecule has 2 rings (SSSR count).